The highest BCUT2D eigenvalue weighted by atomic mass is 32.1. The minimum Gasteiger partial charge on any atom is -0.301 e. The second-order valence-corrected chi connectivity index (χ2v) is 5.62. The first-order valence-electron chi connectivity index (χ1n) is 5.83. The number of aryl methyl sites for hydroxylation is 1. The summed E-state index contributed by atoms with van der Waals surface area (Å²) in [6.45, 7) is 9.13. The van der Waals surface area contributed by atoms with E-state index in [-0.39, 0.29) is 0 Å². The standard InChI is InChI=1S/C12H20N2S/c1-9(2)14-6-4-11(5-7-14)12-13-10(3)8-15-12/h8-9,11H,4-7H2,1-3H3. The molecule has 0 aliphatic carbocycles. The number of hydrogen-bond donors (Lipinski definition) is 0. The molecule has 1 aliphatic rings. The molecule has 0 bridgehead atoms. The molecule has 0 aromatic carbocycles. The molecule has 0 amide bonds. The van der Waals surface area contributed by atoms with E-state index in [1.54, 1.807) is 0 Å². The molecule has 1 aliphatic heterocycles. The van der Waals surface area contributed by atoms with Crippen LogP contribution in [0.4, 0.5) is 0 Å². The molecule has 0 spiro atoms. The van der Waals surface area contributed by atoms with Crippen LogP contribution in [0.2, 0.25) is 0 Å². The van der Waals surface area contributed by atoms with Gasteiger partial charge in [0.15, 0.2) is 0 Å². The lowest BCUT2D eigenvalue weighted by Gasteiger charge is -2.33. The summed E-state index contributed by atoms with van der Waals surface area (Å²) in [5, 5.41) is 3.53. The average Bonchev–Trinajstić information content (AvgIpc) is 2.65. The van der Waals surface area contributed by atoms with Crippen molar-refractivity contribution in [2.24, 2.45) is 0 Å². The van der Waals surface area contributed by atoms with Gasteiger partial charge in [0, 0.05) is 23.0 Å². The number of aromatic nitrogens is 1. The molecule has 0 radical (unpaired) electrons. The lowest BCUT2D eigenvalue weighted by molar-refractivity contribution is 0.172. The molecular formula is C12H20N2S. The molecule has 2 rings (SSSR count). The zero-order valence-electron chi connectivity index (χ0n) is 9.86. The van der Waals surface area contributed by atoms with Crippen molar-refractivity contribution in [2.75, 3.05) is 13.1 Å². The van der Waals surface area contributed by atoms with Crippen LogP contribution in [-0.2, 0) is 0 Å². The molecular weight excluding hydrogens is 204 g/mol. The number of thiazole rings is 1. The van der Waals surface area contributed by atoms with Crippen LogP contribution in [0.25, 0.3) is 0 Å². The monoisotopic (exact) mass is 224 g/mol. The van der Waals surface area contributed by atoms with E-state index in [1.807, 2.05) is 11.3 Å². The predicted molar refractivity (Wildman–Crippen MR) is 65.5 cm³/mol. The summed E-state index contributed by atoms with van der Waals surface area (Å²) in [4.78, 5) is 7.17. The van der Waals surface area contributed by atoms with Crippen molar-refractivity contribution < 1.29 is 0 Å². The molecule has 0 N–H and O–H groups in total. The van der Waals surface area contributed by atoms with Crippen LogP contribution in [0.1, 0.15) is 43.3 Å². The minimum atomic E-state index is 0.698. The Kier molecular flexibility index (Phi) is 3.42. The Labute approximate surface area is 96.3 Å². The van der Waals surface area contributed by atoms with Crippen molar-refractivity contribution in [3.8, 4) is 0 Å². The highest BCUT2D eigenvalue weighted by Gasteiger charge is 2.23. The van der Waals surface area contributed by atoms with Crippen LogP contribution in [-0.4, -0.2) is 29.0 Å². The Balaban J connectivity index is 1.93. The number of piperidine rings is 1. The summed E-state index contributed by atoms with van der Waals surface area (Å²) < 4.78 is 0. The summed E-state index contributed by atoms with van der Waals surface area (Å²) in [5.74, 6) is 0.721. The molecule has 3 heteroatoms. The maximum absolute atomic E-state index is 4.60. The van der Waals surface area contributed by atoms with E-state index in [2.05, 4.69) is 36.0 Å². The molecule has 84 valence electrons. The first-order valence-corrected chi connectivity index (χ1v) is 6.71. The first kappa shape index (κ1) is 11.1. The minimum absolute atomic E-state index is 0.698. The van der Waals surface area contributed by atoms with Crippen LogP contribution in [0, 0.1) is 6.92 Å². The summed E-state index contributed by atoms with van der Waals surface area (Å²) in [6.07, 6.45) is 2.57. The van der Waals surface area contributed by atoms with Crippen LogP contribution in [0.3, 0.4) is 0 Å². The Hall–Kier alpha value is -0.410. The van der Waals surface area contributed by atoms with Crippen molar-refractivity contribution in [1.82, 2.24) is 9.88 Å². The molecule has 1 aromatic heterocycles. The van der Waals surface area contributed by atoms with E-state index < -0.39 is 0 Å². The Morgan fingerprint density at radius 2 is 2.07 bits per heavy atom. The van der Waals surface area contributed by atoms with E-state index in [1.165, 1.54) is 36.6 Å². The smallest absolute Gasteiger partial charge is 0.0960 e. The molecule has 15 heavy (non-hydrogen) atoms. The summed E-state index contributed by atoms with van der Waals surface area (Å²) in [7, 11) is 0. The van der Waals surface area contributed by atoms with Crippen molar-refractivity contribution in [2.45, 2.75) is 45.6 Å². The SMILES string of the molecule is Cc1csc(C2CCN(C(C)C)CC2)n1. The van der Waals surface area contributed by atoms with Gasteiger partial charge in [0.1, 0.15) is 0 Å². The summed E-state index contributed by atoms with van der Waals surface area (Å²) in [6, 6.07) is 0.698. The fourth-order valence-corrected chi connectivity index (χ4v) is 3.19. The summed E-state index contributed by atoms with van der Waals surface area (Å²) in [5.41, 5.74) is 1.18. The van der Waals surface area contributed by atoms with Gasteiger partial charge in [0.2, 0.25) is 0 Å². The van der Waals surface area contributed by atoms with E-state index in [0.717, 1.165) is 5.92 Å². The van der Waals surface area contributed by atoms with Gasteiger partial charge < -0.3 is 4.90 Å². The number of nitrogens with zero attached hydrogens (tertiary/aromatic N) is 2. The molecule has 1 saturated heterocycles. The van der Waals surface area contributed by atoms with Crippen molar-refractivity contribution in [3.05, 3.63) is 16.1 Å². The topological polar surface area (TPSA) is 16.1 Å². The third-order valence-electron chi connectivity index (χ3n) is 3.25. The predicted octanol–water partition coefficient (Wildman–Crippen LogP) is 3.04. The van der Waals surface area contributed by atoms with Gasteiger partial charge in [0.05, 0.1) is 5.01 Å². The average molecular weight is 224 g/mol. The number of likely N-dealkylation sites (tertiary alicyclic amines) is 1. The van der Waals surface area contributed by atoms with Crippen LogP contribution < -0.4 is 0 Å². The fraction of sp³-hybridized carbons (Fsp3) is 0.750. The molecule has 2 nitrogen and oxygen atoms in total. The molecule has 0 saturated carbocycles. The lowest BCUT2D eigenvalue weighted by Crippen LogP contribution is -2.37. The lowest BCUT2D eigenvalue weighted by atomic mass is 9.97. The third kappa shape index (κ3) is 2.58. The second kappa shape index (κ2) is 4.62. The highest BCUT2D eigenvalue weighted by molar-refractivity contribution is 7.09. The van der Waals surface area contributed by atoms with Crippen LogP contribution in [0.5, 0.6) is 0 Å². The number of rotatable bonds is 2. The third-order valence-corrected chi connectivity index (χ3v) is 4.37. The number of hydrogen-bond acceptors (Lipinski definition) is 3. The van der Waals surface area contributed by atoms with E-state index in [4.69, 9.17) is 0 Å². The van der Waals surface area contributed by atoms with Gasteiger partial charge in [-0.2, -0.15) is 0 Å². The van der Waals surface area contributed by atoms with Crippen LogP contribution >= 0.6 is 11.3 Å². The van der Waals surface area contributed by atoms with E-state index in [0.29, 0.717) is 6.04 Å². The molecule has 2 heterocycles. The molecule has 1 fully saturated rings. The van der Waals surface area contributed by atoms with Crippen molar-refractivity contribution >= 4 is 11.3 Å². The zero-order valence-corrected chi connectivity index (χ0v) is 10.7. The Bertz CT molecular complexity index is 311. The first-order chi connectivity index (χ1) is 7.16. The van der Waals surface area contributed by atoms with Crippen LogP contribution in [0.15, 0.2) is 5.38 Å². The maximum Gasteiger partial charge on any atom is 0.0960 e. The molecule has 1 aromatic rings. The summed E-state index contributed by atoms with van der Waals surface area (Å²) >= 11 is 1.84. The molecule has 0 atom stereocenters. The zero-order chi connectivity index (χ0) is 10.8. The van der Waals surface area contributed by atoms with E-state index in [9.17, 15) is 0 Å². The van der Waals surface area contributed by atoms with Gasteiger partial charge >= 0.3 is 0 Å². The largest absolute Gasteiger partial charge is 0.301 e. The van der Waals surface area contributed by atoms with Gasteiger partial charge in [0.25, 0.3) is 0 Å². The van der Waals surface area contributed by atoms with Gasteiger partial charge in [-0.25, -0.2) is 4.98 Å². The van der Waals surface area contributed by atoms with Gasteiger partial charge in [-0.1, -0.05) is 0 Å². The highest BCUT2D eigenvalue weighted by Crippen LogP contribution is 2.30. The van der Waals surface area contributed by atoms with Gasteiger partial charge in [-0.05, 0) is 46.7 Å². The van der Waals surface area contributed by atoms with E-state index >= 15 is 0 Å². The second-order valence-electron chi connectivity index (χ2n) is 4.73. The molecule has 0 unspecified atom stereocenters. The van der Waals surface area contributed by atoms with Crippen molar-refractivity contribution in [3.63, 3.8) is 0 Å². The van der Waals surface area contributed by atoms with Crippen molar-refractivity contribution in [1.29, 1.82) is 0 Å². The maximum atomic E-state index is 4.60. The Morgan fingerprint density at radius 3 is 2.53 bits per heavy atom. The normalized spacial score (nSPS) is 20.0. The quantitative estimate of drug-likeness (QED) is 0.767. The van der Waals surface area contributed by atoms with Gasteiger partial charge in [-0.15, -0.1) is 11.3 Å². The fourth-order valence-electron chi connectivity index (χ4n) is 2.22. The Morgan fingerprint density at radius 1 is 1.40 bits per heavy atom. The van der Waals surface area contributed by atoms with Gasteiger partial charge in [-0.3, -0.25) is 0 Å².